The van der Waals surface area contributed by atoms with Crippen molar-refractivity contribution in [1.82, 2.24) is 10.3 Å². The van der Waals surface area contributed by atoms with Crippen LogP contribution in [-0.4, -0.2) is 54.3 Å². The molecule has 0 unspecified atom stereocenters. The maximum Gasteiger partial charge on any atom is 0.408 e. The first-order chi connectivity index (χ1) is 12.6. The number of hydrogen-bond acceptors (Lipinski definition) is 7. The average Bonchev–Trinajstić information content (AvgIpc) is 2.86. The first-order valence-corrected chi connectivity index (χ1v) is 8.38. The molecule has 1 aliphatic rings. The molecule has 8 nitrogen and oxygen atoms in total. The standard InChI is InChI=1S/C17H24F2N2O6/c1-17(2,3)27-16(23)21-13-10-5-6-12(26-15(18)19)20-14(10)25-11(13)7-9(8-22)24-4/h5-6,9,11,13,15,22H,7-8H2,1-4H3,(H,21,23)/t9-,11+,13+/m1/s1. The van der Waals surface area contributed by atoms with Gasteiger partial charge in [-0.15, -0.1) is 0 Å². The number of pyridine rings is 1. The third-order valence-corrected chi connectivity index (χ3v) is 3.75. The lowest BCUT2D eigenvalue weighted by Gasteiger charge is -2.25. The zero-order valence-electron chi connectivity index (χ0n) is 15.6. The maximum absolute atomic E-state index is 12.4. The lowest BCUT2D eigenvalue weighted by molar-refractivity contribution is -0.0532. The Hall–Kier alpha value is -2.20. The van der Waals surface area contributed by atoms with Crippen LogP contribution in [0.1, 0.15) is 38.8 Å². The number of alkyl halides is 2. The van der Waals surface area contributed by atoms with Crippen molar-refractivity contribution in [2.24, 2.45) is 0 Å². The number of aromatic nitrogens is 1. The maximum atomic E-state index is 12.4. The number of rotatable bonds is 7. The van der Waals surface area contributed by atoms with Crippen molar-refractivity contribution in [2.45, 2.75) is 57.7 Å². The molecule has 2 rings (SSSR count). The van der Waals surface area contributed by atoms with E-state index in [0.717, 1.165) is 0 Å². The number of fused-ring (bicyclic) bond motifs is 1. The summed E-state index contributed by atoms with van der Waals surface area (Å²) in [7, 11) is 1.44. The molecule has 0 aromatic carbocycles. The van der Waals surface area contributed by atoms with Crippen LogP contribution in [0.5, 0.6) is 11.8 Å². The van der Waals surface area contributed by atoms with Crippen LogP contribution in [0.25, 0.3) is 0 Å². The van der Waals surface area contributed by atoms with Gasteiger partial charge in [0.1, 0.15) is 11.7 Å². The van der Waals surface area contributed by atoms with Gasteiger partial charge < -0.3 is 29.4 Å². The molecule has 0 saturated heterocycles. The van der Waals surface area contributed by atoms with Gasteiger partial charge in [-0.1, -0.05) is 0 Å². The van der Waals surface area contributed by atoms with Gasteiger partial charge in [-0.2, -0.15) is 13.8 Å². The summed E-state index contributed by atoms with van der Waals surface area (Å²) in [5.74, 6) is -0.238. The molecule has 10 heteroatoms. The number of ether oxygens (including phenoxy) is 4. The Balaban J connectivity index is 2.23. The normalized spacial score (nSPS) is 20.0. The zero-order chi connectivity index (χ0) is 20.2. The second-order valence-corrected chi connectivity index (χ2v) is 6.98. The third-order valence-electron chi connectivity index (χ3n) is 3.75. The second kappa shape index (κ2) is 8.66. The van der Waals surface area contributed by atoms with Crippen molar-refractivity contribution in [2.75, 3.05) is 13.7 Å². The van der Waals surface area contributed by atoms with Gasteiger partial charge in [0.05, 0.1) is 18.8 Å². The quantitative estimate of drug-likeness (QED) is 0.738. The molecular weight excluding hydrogens is 366 g/mol. The molecule has 2 N–H and O–H groups in total. The number of aliphatic hydroxyl groups is 1. The Morgan fingerprint density at radius 1 is 1.41 bits per heavy atom. The predicted molar refractivity (Wildman–Crippen MR) is 89.9 cm³/mol. The molecule has 1 aromatic heterocycles. The molecule has 2 heterocycles. The molecular formula is C17H24F2N2O6. The molecule has 3 atom stereocenters. The van der Waals surface area contributed by atoms with Crippen LogP contribution in [0, 0.1) is 0 Å². The zero-order valence-corrected chi connectivity index (χ0v) is 15.6. The minimum absolute atomic E-state index is 0.0620. The van der Waals surface area contributed by atoms with Gasteiger partial charge >= 0.3 is 12.7 Å². The van der Waals surface area contributed by atoms with Crippen LogP contribution < -0.4 is 14.8 Å². The van der Waals surface area contributed by atoms with E-state index in [1.807, 2.05) is 0 Å². The van der Waals surface area contributed by atoms with Crippen LogP contribution in [0.4, 0.5) is 13.6 Å². The SMILES string of the molecule is CO[C@@H](CO)C[C@@H]1Oc2nc(OC(F)F)ccc2[C@@H]1NC(=O)OC(C)(C)C. The van der Waals surface area contributed by atoms with Crippen LogP contribution >= 0.6 is 0 Å². The highest BCUT2D eigenvalue weighted by molar-refractivity contribution is 5.69. The molecule has 1 aliphatic heterocycles. The van der Waals surface area contributed by atoms with Crippen LogP contribution in [0.3, 0.4) is 0 Å². The van der Waals surface area contributed by atoms with Crippen molar-refractivity contribution < 1.29 is 37.6 Å². The summed E-state index contributed by atoms with van der Waals surface area (Å²) < 4.78 is 45.2. The number of carbonyl (C=O) groups excluding carboxylic acids is 1. The Morgan fingerprint density at radius 3 is 2.67 bits per heavy atom. The number of nitrogens with one attached hydrogen (secondary N) is 1. The van der Waals surface area contributed by atoms with E-state index in [4.69, 9.17) is 14.2 Å². The Bertz CT molecular complexity index is 649. The Kier molecular flexibility index (Phi) is 6.77. The predicted octanol–water partition coefficient (Wildman–Crippen LogP) is 2.41. The number of halogens is 2. The fraction of sp³-hybridized carbons (Fsp3) is 0.647. The van der Waals surface area contributed by atoms with Gasteiger partial charge in [-0.25, -0.2) is 4.79 Å². The highest BCUT2D eigenvalue weighted by atomic mass is 19.3. The van der Waals surface area contributed by atoms with Gasteiger partial charge in [0.2, 0.25) is 11.8 Å². The topological polar surface area (TPSA) is 99.1 Å². The lowest BCUT2D eigenvalue weighted by Crippen LogP contribution is -2.40. The summed E-state index contributed by atoms with van der Waals surface area (Å²) in [6.07, 6.45) is -1.61. The number of amides is 1. The molecule has 27 heavy (non-hydrogen) atoms. The average molecular weight is 390 g/mol. The minimum atomic E-state index is -3.02. The Labute approximate surface area is 155 Å². The molecule has 1 aromatic rings. The van der Waals surface area contributed by atoms with Gasteiger partial charge in [0.25, 0.3) is 0 Å². The monoisotopic (exact) mass is 390 g/mol. The van der Waals surface area contributed by atoms with Crippen LogP contribution in [0.2, 0.25) is 0 Å². The fourth-order valence-corrected chi connectivity index (χ4v) is 2.63. The molecule has 0 fully saturated rings. The summed E-state index contributed by atoms with van der Waals surface area (Å²) in [4.78, 5) is 16.1. The number of methoxy groups -OCH3 is 1. The van der Waals surface area contributed by atoms with E-state index in [-0.39, 0.29) is 24.8 Å². The third kappa shape index (κ3) is 5.90. The van der Waals surface area contributed by atoms with Crippen LogP contribution in [-0.2, 0) is 9.47 Å². The number of carbonyl (C=O) groups is 1. The molecule has 1 amide bonds. The lowest BCUT2D eigenvalue weighted by atomic mass is 10.0. The summed E-state index contributed by atoms with van der Waals surface area (Å²) in [5.41, 5.74) is -0.213. The highest BCUT2D eigenvalue weighted by Gasteiger charge is 2.39. The van der Waals surface area contributed by atoms with Crippen molar-refractivity contribution in [3.8, 4) is 11.8 Å². The molecule has 152 valence electrons. The summed E-state index contributed by atoms with van der Waals surface area (Å²) in [5, 5.41) is 12.1. The van der Waals surface area contributed by atoms with Gasteiger partial charge in [0.15, 0.2) is 0 Å². The van der Waals surface area contributed by atoms with E-state index in [9.17, 15) is 18.7 Å². The van der Waals surface area contributed by atoms with Crippen LogP contribution in [0.15, 0.2) is 12.1 Å². The van der Waals surface area contributed by atoms with E-state index >= 15 is 0 Å². The summed E-state index contributed by atoms with van der Waals surface area (Å²) in [6, 6.07) is 2.09. The number of alkyl carbamates (subject to hydrolysis) is 1. The number of hydrogen-bond donors (Lipinski definition) is 2. The van der Waals surface area contributed by atoms with E-state index < -0.39 is 36.6 Å². The highest BCUT2D eigenvalue weighted by Crippen LogP contribution is 2.38. The number of nitrogens with zero attached hydrogens (tertiary/aromatic N) is 1. The molecule has 0 radical (unpaired) electrons. The van der Waals surface area contributed by atoms with E-state index in [1.54, 1.807) is 20.8 Å². The van der Waals surface area contributed by atoms with E-state index in [0.29, 0.717) is 5.56 Å². The van der Waals surface area contributed by atoms with Crippen molar-refractivity contribution in [3.05, 3.63) is 17.7 Å². The minimum Gasteiger partial charge on any atom is -0.471 e. The fourth-order valence-electron chi connectivity index (χ4n) is 2.63. The molecule has 0 bridgehead atoms. The smallest absolute Gasteiger partial charge is 0.408 e. The van der Waals surface area contributed by atoms with Gasteiger partial charge in [0, 0.05) is 25.2 Å². The number of aliphatic hydroxyl groups excluding tert-OH is 1. The largest absolute Gasteiger partial charge is 0.471 e. The first-order valence-electron chi connectivity index (χ1n) is 8.38. The van der Waals surface area contributed by atoms with Crippen molar-refractivity contribution in [1.29, 1.82) is 0 Å². The second-order valence-electron chi connectivity index (χ2n) is 6.98. The Morgan fingerprint density at radius 2 is 2.11 bits per heavy atom. The molecule has 0 spiro atoms. The van der Waals surface area contributed by atoms with E-state index in [1.165, 1.54) is 19.2 Å². The first kappa shape index (κ1) is 21.1. The van der Waals surface area contributed by atoms with Gasteiger partial charge in [-0.05, 0) is 26.8 Å². The molecule has 0 aliphatic carbocycles. The molecule has 0 saturated carbocycles. The van der Waals surface area contributed by atoms with Crippen molar-refractivity contribution in [3.63, 3.8) is 0 Å². The van der Waals surface area contributed by atoms with Gasteiger partial charge in [-0.3, -0.25) is 0 Å². The van der Waals surface area contributed by atoms with Crippen molar-refractivity contribution >= 4 is 6.09 Å². The summed E-state index contributed by atoms with van der Waals surface area (Å²) in [6.45, 7) is 1.91. The van der Waals surface area contributed by atoms with E-state index in [2.05, 4.69) is 15.0 Å². The summed E-state index contributed by atoms with van der Waals surface area (Å²) >= 11 is 0.